The smallest absolute Gasteiger partial charge is 0.320 e. The fraction of sp³-hybridized carbons (Fsp3) is 0.167. The zero-order valence-corrected chi connectivity index (χ0v) is 9.00. The fourth-order valence-electron chi connectivity index (χ4n) is 1.62. The van der Waals surface area contributed by atoms with Crippen molar-refractivity contribution in [3.05, 3.63) is 36.0 Å². The van der Waals surface area contributed by atoms with E-state index in [9.17, 15) is 9.90 Å². The molecule has 0 amide bonds. The Labute approximate surface area is 97.5 Å². The number of rotatable bonds is 3. The van der Waals surface area contributed by atoms with E-state index in [-0.39, 0.29) is 12.2 Å². The van der Waals surface area contributed by atoms with Gasteiger partial charge in [0.15, 0.2) is 0 Å². The molecule has 0 spiro atoms. The summed E-state index contributed by atoms with van der Waals surface area (Å²) in [7, 11) is 0. The molecule has 1 aromatic carbocycles. The average Bonchev–Trinajstić information content (AvgIpc) is 2.28. The molecule has 0 aliphatic carbocycles. The van der Waals surface area contributed by atoms with Gasteiger partial charge in [0.25, 0.3) is 0 Å². The number of pyridine rings is 1. The van der Waals surface area contributed by atoms with Crippen molar-refractivity contribution >= 4 is 16.9 Å². The molecular weight excluding hydrogens is 220 g/mol. The lowest BCUT2D eigenvalue weighted by Crippen LogP contribution is -2.32. The topological polar surface area (TPSA) is 96.4 Å². The second-order valence-electron chi connectivity index (χ2n) is 3.87. The number of nitrogens with two attached hydrogens (primary N) is 1. The van der Waals surface area contributed by atoms with Crippen LogP contribution in [0.15, 0.2) is 30.5 Å². The highest BCUT2D eigenvalue weighted by Crippen LogP contribution is 2.19. The number of nitrogens with zero attached hydrogens (tertiary/aromatic N) is 1. The first kappa shape index (κ1) is 11.3. The summed E-state index contributed by atoms with van der Waals surface area (Å²) in [6, 6.07) is 5.68. The lowest BCUT2D eigenvalue weighted by molar-refractivity contribution is -0.138. The number of benzene rings is 1. The maximum Gasteiger partial charge on any atom is 0.320 e. The largest absolute Gasteiger partial charge is 0.508 e. The molecule has 1 heterocycles. The Balaban J connectivity index is 2.33. The lowest BCUT2D eigenvalue weighted by atomic mass is 10.1. The van der Waals surface area contributed by atoms with Crippen LogP contribution in [0.3, 0.4) is 0 Å². The molecule has 0 aliphatic heterocycles. The zero-order valence-electron chi connectivity index (χ0n) is 9.00. The van der Waals surface area contributed by atoms with Gasteiger partial charge in [0.1, 0.15) is 11.8 Å². The summed E-state index contributed by atoms with van der Waals surface area (Å²) >= 11 is 0. The van der Waals surface area contributed by atoms with E-state index in [2.05, 4.69) is 4.98 Å². The molecule has 88 valence electrons. The molecule has 5 heteroatoms. The van der Waals surface area contributed by atoms with Gasteiger partial charge in [-0.05, 0) is 36.2 Å². The summed E-state index contributed by atoms with van der Waals surface area (Å²) < 4.78 is 0. The molecule has 0 aliphatic rings. The molecule has 17 heavy (non-hydrogen) atoms. The summed E-state index contributed by atoms with van der Waals surface area (Å²) in [6.45, 7) is 0. The van der Waals surface area contributed by atoms with Crippen molar-refractivity contribution < 1.29 is 15.0 Å². The van der Waals surface area contributed by atoms with Crippen molar-refractivity contribution in [3.8, 4) is 5.75 Å². The molecule has 0 radical (unpaired) electrons. The second-order valence-corrected chi connectivity index (χ2v) is 3.87. The first-order valence-corrected chi connectivity index (χ1v) is 5.12. The number of fused-ring (bicyclic) bond motifs is 1. The standard InChI is InChI=1S/C12H12N2O3/c13-10(12(16)17)4-7-3-8-5-9(15)1-2-11(8)14-6-7/h1-3,5-6,10,15H,4,13H2,(H,16,17). The fourth-order valence-corrected chi connectivity index (χ4v) is 1.62. The Bertz CT molecular complexity index is 569. The van der Waals surface area contributed by atoms with Crippen LogP contribution in [0.1, 0.15) is 5.56 Å². The van der Waals surface area contributed by atoms with Gasteiger partial charge in [-0.2, -0.15) is 0 Å². The van der Waals surface area contributed by atoms with Crippen LogP contribution >= 0.6 is 0 Å². The molecule has 1 unspecified atom stereocenters. The van der Waals surface area contributed by atoms with Crippen LogP contribution in [-0.4, -0.2) is 27.2 Å². The van der Waals surface area contributed by atoms with Crippen LogP contribution in [0.4, 0.5) is 0 Å². The van der Waals surface area contributed by atoms with E-state index in [1.165, 1.54) is 0 Å². The van der Waals surface area contributed by atoms with Crippen molar-refractivity contribution in [2.75, 3.05) is 0 Å². The second kappa shape index (κ2) is 4.39. The van der Waals surface area contributed by atoms with Crippen molar-refractivity contribution in [1.29, 1.82) is 0 Å². The number of phenolic OH excluding ortho intramolecular Hbond substituents is 1. The van der Waals surface area contributed by atoms with E-state index >= 15 is 0 Å². The van der Waals surface area contributed by atoms with Gasteiger partial charge in [0.2, 0.25) is 0 Å². The van der Waals surface area contributed by atoms with Crippen LogP contribution in [0.25, 0.3) is 10.9 Å². The number of hydrogen-bond acceptors (Lipinski definition) is 4. The lowest BCUT2D eigenvalue weighted by Gasteiger charge is -2.07. The first-order chi connectivity index (χ1) is 8.06. The van der Waals surface area contributed by atoms with Crippen LogP contribution in [-0.2, 0) is 11.2 Å². The highest BCUT2D eigenvalue weighted by Gasteiger charge is 2.12. The molecule has 2 rings (SSSR count). The predicted molar refractivity (Wildman–Crippen MR) is 62.7 cm³/mol. The summed E-state index contributed by atoms with van der Waals surface area (Å²) in [4.78, 5) is 14.8. The summed E-state index contributed by atoms with van der Waals surface area (Å²) in [5.74, 6) is -0.889. The number of aliphatic carboxylic acids is 1. The van der Waals surface area contributed by atoms with Gasteiger partial charge < -0.3 is 15.9 Å². The van der Waals surface area contributed by atoms with E-state index in [4.69, 9.17) is 10.8 Å². The number of aromatic hydroxyl groups is 1. The number of hydrogen-bond donors (Lipinski definition) is 3. The Morgan fingerprint density at radius 2 is 2.18 bits per heavy atom. The van der Waals surface area contributed by atoms with Gasteiger partial charge in [-0.25, -0.2) is 0 Å². The van der Waals surface area contributed by atoms with Crippen LogP contribution in [0, 0.1) is 0 Å². The highest BCUT2D eigenvalue weighted by molar-refractivity contribution is 5.80. The minimum atomic E-state index is -1.04. The number of carboxylic acids is 1. The van der Waals surface area contributed by atoms with Crippen molar-refractivity contribution in [3.63, 3.8) is 0 Å². The maximum absolute atomic E-state index is 10.6. The van der Waals surface area contributed by atoms with Gasteiger partial charge in [0, 0.05) is 11.6 Å². The minimum Gasteiger partial charge on any atom is -0.508 e. The summed E-state index contributed by atoms with van der Waals surface area (Å²) in [5.41, 5.74) is 6.93. The van der Waals surface area contributed by atoms with Gasteiger partial charge in [-0.3, -0.25) is 9.78 Å². The molecule has 0 fully saturated rings. The van der Waals surface area contributed by atoms with Gasteiger partial charge in [0.05, 0.1) is 5.52 Å². The normalized spacial score (nSPS) is 12.5. The maximum atomic E-state index is 10.6. The third kappa shape index (κ3) is 2.51. The quantitative estimate of drug-likeness (QED) is 0.730. The van der Waals surface area contributed by atoms with E-state index in [0.717, 1.165) is 16.5 Å². The van der Waals surface area contributed by atoms with Gasteiger partial charge >= 0.3 is 5.97 Å². The monoisotopic (exact) mass is 232 g/mol. The van der Waals surface area contributed by atoms with Crippen LogP contribution in [0.2, 0.25) is 0 Å². The molecule has 2 aromatic rings. The van der Waals surface area contributed by atoms with Crippen molar-refractivity contribution in [2.45, 2.75) is 12.5 Å². The molecule has 1 aromatic heterocycles. The SMILES string of the molecule is NC(Cc1cnc2ccc(O)cc2c1)C(=O)O. The van der Waals surface area contributed by atoms with Crippen LogP contribution < -0.4 is 5.73 Å². The molecule has 5 nitrogen and oxygen atoms in total. The average molecular weight is 232 g/mol. The summed E-state index contributed by atoms with van der Waals surface area (Å²) in [6.07, 6.45) is 1.82. The van der Waals surface area contributed by atoms with E-state index in [1.54, 1.807) is 30.5 Å². The first-order valence-electron chi connectivity index (χ1n) is 5.12. The van der Waals surface area contributed by atoms with Gasteiger partial charge in [-0.1, -0.05) is 0 Å². The summed E-state index contributed by atoms with van der Waals surface area (Å²) in [5, 5.41) is 18.8. The van der Waals surface area contributed by atoms with Crippen LogP contribution in [0.5, 0.6) is 5.75 Å². The minimum absolute atomic E-state index is 0.152. The molecule has 0 bridgehead atoms. The molecule has 1 atom stereocenters. The molecule has 4 N–H and O–H groups in total. The van der Waals surface area contributed by atoms with Crippen molar-refractivity contribution in [2.24, 2.45) is 5.73 Å². The zero-order chi connectivity index (χ0) is 12.4. The Morgan fingerprint density at radius 3 is 2.88 bits per heavy atom. The predicted octanol–water partition coefficient (Wildman–Crippen LogP) is 0.895. The van der Waals surface area contributed by atoms with Crippen molar-refractivity contribution in [1.82, 2.24) is 4.98 Å². The Hall–Kier alpha value is -2.14. The van der Waals surface area contributed by atoms with E-state index < -0.39 is 12.0 Å². The third-order valence-corrected chi connectivity index (χ3v) is 2.49. The van der Waals surface area contributed by atoms with Gasteiger partial charge in [-0.15, -0.1) is 0 Å². The number of aromatic nitrogens is 1. The third-order valence-electron chi connectivity index (χ3n) is 2.49. The Kier molecular flexibility index (Phi) is 2.93. The highest BCUT2D eigenvalue weighted by atomic mass is 16.4. The van der Waals surface area contributed by atoms with E-state index in [0.29, 0.717) is 0 Å². The number of carboxylic acid groups (broad SMARTS) is 1. The number of carbonyl (C=O) groups is 1. The number of phenols is 1. The van der Waals surface area contributed by atoms with E-state index in [1.807, 2.05) is 0 Å². The Morgan fingerprint density at radius 1 is 1.41 bits per heavy atom. The molecular formula is C12H12N2O3. The molecule has 0 saturated heterocycles. The molecule has 0 saturated carbocycles.